The van der Waals surface area contributed by atoms with Crippen LogP contribution >= 0.6 is 34.8 Å². The number of halogens is 5. The fourth-order valence-electron chi connectivity index (χ4n) is 2.65. The largest absolute Gasteiger partial charge is 0.319 e. The van der Waals surface area contributed by atoms with Crippen LogP contribution < -0.4 is 10.0 Å². The molecule has 1 aromatic carbocycles. The predicted octanol–water partition coefficient (Wildman–Crippen LogP) is 4.83. The standard InChI is InChI=1S/C19H14Cl3F2N5O3S/c1-2-33(32)28-18(30)10-6-9(20)7-12(22)15(10)26-19(31)14-8-13(16(23)24)27-29(14)17-11(21)4-3-5-25-17/h3-8,16H,2H2,1H3,(H,26,31)(H,28,30). The summed E-state index contributed by atoms with van der Waals surface area (Å²) in [6.45, 7) is 1.59. The van der Waals surface area contributed by atoms with Crippen LogP contribution in [0.4, 0.5) is 14.5 Å². The topological polar surface area (TPSA) is 106 Å². The molecule has 0 aliphatic rings. The summed E-state index contributed by atoms with van der Waals surface area (Å²) in [5.74, 6) is -1.67. The summed E-state index contributed by atoms with van der Waals surface area (Å²) < 4.78 is 41.5. The highest BCUT2D eigenvalue weighted by atomic mass is 35.5. The highest BCUT2D eigenvalue weighted by Gasteiger charge is 2.25. The van der Waals surface area contributed by atoms with E-state index < -0.39 is 34.9 Å². The van der Waals surface area contributed by atoms with E-state index in [-0.39, 0.29) is 43.6 Å². The number of hydrogen-bond acceptors (Lipinski definition) is 5. The molecule has 14 heteroatoms. The minimum atomic E-state index is -2.98. The maximum absolute atomic E-state index is 13.3. The summed E-state index contributed by atoms with van der Waals surface area (Å²) >= 11 is 18.3. The summed E-state index contributed by atoms with van der Waals surface area (Å²) in [5.41, 5.74) is -1.39. The first kappa shape index (κ1) is 25.0. The summed E-state index contributed by atoms with van der Waals surface area (Å²) in [4.78, 5) is 29.6. The lowest BCUT2D eigenvalue weighted by Gasteiger charge is -2.14. The monoisotopic (exact) mass is 535 g/mol. The van der Waals surface area contributed by atoms with Crippen molar-refractivity contribution in [2.24, 2.45) is 0 Å². The highest BCUT2D eigenvalue weighted by molar-refractivity contribution is 7.83. The Kier molecular flexibility index (Phi) is 8.01. The molecule has 1 atom stereocenters. The fourth-order valence-corrected chi connectivity index (χ4v) is 3.85. The Morgan fingerprint density at radius 1 is 1.15 bits per heavy atom. The maximum atomic E-state index is 13.3. The molecule has 0 radical (unpaired) electrons. The number of nitrogens with one attached hydrogen (secondary N) is 2. The van der Waals surface area contributed by atoms with Gasteiger partial charge in [0, 0.05) is 17.0 Å². The van der Waals surface area contributed by atoms with Crippen LogP contribution in [0, 0.1) is 0 Å². The third-order valence-electron chi connectivity index (χ3n) is 4.13. The van der Waals surface area contributed by atoms with Crippen LogP contribution in [0.3, 0.4) is 0 Å². The third kappa shape index (κ3) is 5.67. The van der Waals surface area contributed by atoms with Gasteiger partial charge in [0.1, 0.15) is 22.4 Å². The van der Waals surface area contributed by atoms with Gasteiger partial charge in [-0.1, -0.05) is 41.7 Å². The van der Waals surface area contributed by atoms with Gasteiger partial charge in [0.2, 0.25) is 0 Å². The molecular formula is C19H14Cl3F2N5O3S. The van der Waals surface area contributed by atoms with Gasteiger partial charge in [-0.25, -0.2) is 22.7 Å². The number of aromatic nitrogens is 3. The van der Waals surface area contributed by atoms with Gasteiger partial charge in [-0.15, -0.1) is 0 Å². The molecule has 0 aliphatic heterocycles. The quantitative estimate of drug-likeness (QED) is 0.450. The van der Waals surface area contributed by atoms with Gasteiger partial charge in [-0.3, -0.25) is 14.3 Å². The van der Waals surface area contributed by atoms with Gasteiger partial charge in [-0.2, -0.15) is 5.10 Å². The second-order valence-corrected chi connectivity index (χ2v) is 9.03. The first-order valence-corrected chi connectivity index (χ1v) is 11.6. The molecule has 1 unspecified atom stereocenters. The molecular weight excluding hydrogens is 523 g/mol. The van der Waals surface area contributed by atoms with Crippen LogP contribution in [-0.4, -0.2) is 36.5 Å². The molecule has 0 saturated carbocycles. The van der Waals surface area contributed by atoms with Gasteiger partial charge < -0.3 is 5.32 Å². The van der Waals surface area contributed by atoms with Crippen molar-refractivity contribution < 1.29 is 22.6 Å². The lowest BCUT2D eigenvalue weighted by molar-refractivity contribution is 0.0983. The molecule has 2 N–H and O–H groups in total. The minimum absolute atomic E-state index is 0.0575. The molecule has 0 spiro atoms. The number of anilines is 1. The molecule has 3 rings (SSSR count). The average Bonchev–Trinajstić information content (AvgIpc) is 3.21. The van der Waals surface area contributed by atoms with Crippen LogP contribution in [0.15, 0.2) is 36.5 Å². The Balaban J connectivity index is 2.06. The molecule has 0 bridgehead atoms. The van der Waals surface area contributed by atoms with E-state index in [4.69, 9.17) is 34.8 Å². The lowest BCUT2D eigenvalue weighted by Crippen LogP contribution is -2.28. The van der Waals surface area contributed by atoms with Crippen LogP contribution in [0.2, 0.25) is 15.1 Å². The van der Waals surface area contributed by atoms with Gasteiger partial charge in [0.05, 0.1) is 21.3 Å². The molecule has 2 amide bonds. The molecule has 8 nitrogen and oxygen atoms in total. The van der Waals surface area contributed by atoms with Crippen molar-refractivity contribution in [2.45, 2.75) is 13.3 Å². The van der Waals surface area contributed by atoms with E-state index in [1.165, 1.54) is 30.5 Å². The molecule has 174 valence electrons. The van der Waals surface area contributed by atoms with E-state index in [9.17, 15) is 22.6 Å². The van der Waals surface area contributed by atoms with Crippen LogP contribution in [0.25, 0.3) is 5.82 Å². The Bertz CT molecular complexity index is 1260. The van der Waals surface area contributed by atoms with Crippen LogP contribution in [0.5, 0.6) is 0 Å². The predicted molar refractivity (Wildman–Crippen MR) is 122 cm³/mol. The van der Waals surface area contributed by atoms with E-state index in [1.807, 2.05) is 0 Å². The van der Waals surface area contributed by atoms with E-state index in [0.29, 0.717) is 0 Å². The lowest BCUT2D eigenvalue weighted by atomic mass is 10.1. The van der Waals surface area contributed by atoms with E-state index in [2.05, 4.69) is 20.1 Å². The number of carbonyl (C=O) groups is 2. The fraction of sp³-hybridized carbons (Fsp3) is 0.158. The van der Waals surface area contributed by atoms with Gasteiger partial charge in [0.15, 0.2) is 5.82 Å². The molecule has 0 saturated heterocycles. The molecule has 2 heterocycles. The zero-order chi connectivity index (χ0) is 24.3. The van der Waals surface area contributed by atoms with Crippen molar-refractivity contribution in [1.82, 2.24) is 19.5 Å². The Hall–Kier alpha value is -2.60. The summed E-state index contributed by atoms with van der Waals surface area (Å²) in [7, 11) is -1.68. The minimum Gasteiger partial charge on any atom is -0.319 e. The Labute approximate surface area is 203 Å². The SMILES string of the molecule is CCS(=O)NC(=O)c1cc(Cl)cc(Cl)c1NC(=O)c1cc(C(F)F)nn1-c1ncccc1Cl. The normalized spacial score (nSPS) is 12.0. The van der Waals surface area contributed by atoms with E-state index in [0.717, 1.165) is 10.7 Å². The van der Waals surface area contributed by atoms with Crippen molar-refractivity contribution in [3.8, 4) is 5.82 Å². The summed E-state index contributed by atoms with van der Waals surface area (Å²) in [6.07, 6.45) is -1.64. The average molecular weight is 537 g/mol. The molecule has 0 aliphatic carbocycles. The van der Waals surface area contributed by atoms with Crippen molar-refractivity contribution in [1.29, 1.82) is 0 Å². The number of nitrogens with zero attached hydrogens (tertiary/aromatic N) is 3. The zero-order valence-corrected chi connectivity index (χ0v) is 19.7. The maximum Gasteiger partial charge on any atom is 0.282 e. The number of alkyl halides is 2. The van der Waals surface area contributed by atoms with Gasteiger partial charge >= 0.3 is 0 Å². The first-order valence-electron chi connectivity index (χ1n) is 9.11. The van der Waals surface area contributed by atoms with Crippen molar-refractivity contribution >= 4 is 63.3 Å². The molecule has 2 aromatic heterocycles. The summed E-state index contributed by atoms with van der Waals surface area (Å²) in [5, 5.41) is 6.17. The van der Waals surface area contributed by atoms with Crippen LogP contribution in [-0.2, 0) is 11.0 Å². The molecule has 33 heavy (non-hydrogen) atoms. The molecule has 3 aromatic rings. The second kappa shape index (κ2) is 10.6. The number of carbonyl (C=O) groups excluding carboxylic acids is 2. The Morgan fingerprint density at radius 3 is 2.52 bits per heavy atom. The van der Waals surface area contributed by atoms with E-state index >= 15 is 0 Å². The van der Waals surface area contributed by atoms with Crippen LogP contribution in [0.1, 0.15) is 39.9 Å². The number of amides is 2. The number of hydrogen-bond donors (Lipinski definition) is 2. The number of pyridine rings is 1. The second-order valence-electron chi connectivity index (χ2n) is 6.31. The van der Waals surface area contributed by atoms with Crippen molar-refractivity contribution in [3.63, 3.8) is 0 Å². The van der Waals surface area contributed by atoms with Crippen molar-refractivity contribution in [3.05, 3.63) is 68.5 Å². The zero-order valence-electron chi connectivity index (χ0n) is 16.6. The van der Waals surface area contributed by atoms with Gasteiger partial charge in [-0.05, 0) is 30.3 Å². The smallest absolute Gasteiger partial charge is 0.282 e. The number of rotatable bonds is 7. The number of benzene rings is 1. The van der Waals surface area contributed by atoms with E-state index in [1.54, 1.807) is 6.92 Å². The third-order valence-corrected chi connectivity index (χ3v) is 5.88. The van der Waals surface area contributed by atoms with Gasteiger partial charge in [0.25, 0.3) is 18.2 Å². The Morgan fingerprint density at radius 2 is 1.88 bits per heavy atom. The highest BCUT2D eigenvalue weighted by Crippen LogP contribution is 2.32. The molecule has 0 fully saturated rings. The summed E-state index contributed by atoms with van der Waals surface area (Å²) in [6, 6.07) is 6.30. The van der Waals surface area contributed by atoms with Crippen molar-refractivity contribution in [2.75, 3.05) is 11.1 Å². The first-order chi connectivity index (χ1) is 15.6.